The summed E-state index contributed by atoms with van der Waals surface area (Å²) in [5.74, 6) is 0.525. The molecule has 0 fully saturated rings. The maximum absolute atomic E-state index is 11.1. The van der Waals surface area contributed by atoms with Gasteiger partial charge in [-0.25, -0.2) is 9.97 Å². The summed E-state index contributed by atoms with van der Waals surface area (Å²) in [5, 5.41) is 2.71. The van der Waals surface area contributed by atoms with Crippen LogP contribution in [0, 0.1) is 0 Å². The van der Waals surface area contributed by atoms with Gasteiger partial charge in [-0.3, -0.25) is 9.78 Å². The van der Waals surface area contributed by atoms with E-state index in [-0.39, 0.29) is 5.91 Å². The highest BCUT2D eigenvalue weighted by molar-refractivity contribution is 5.86. The van der Waals surface area contributed by atoms with Crippen molar-refractivity contribution in [3.8, 4) is 11.3 Å². The molecule has 6 nitrogen and oxygen atoms in total. The van der Waals surface area contributed by atoms with Crippen LogP contribution in [0.3, 0.4) is 0 Å². The van der Waals surface area contributed by atoms with Gasteiger partial charge in [0.2, 0.25) is 11.9 Å². The molecular weight excluding hydrogens is 290 g/mol. The minimum Gasteiger partial charge on any atom is -0.348 e. The lowest BCUT2D eigenvalue weighted by atomic mass is 10.2. The average molecular weight is 311 g/mol. The van der Waals surface area contributed by atoms with Gasteiger partial charge in [-0.1, -0.05) is 12.6 Å². The van der Waals surface area contributed by atoms with Gasteiger partial charge >= 0.3 is 0 Å². The lowest BCUT2D eigenvalue weighted by Crippen LogP contribution is -2.23. The molecule has 1 amide bonds. The summed E-state index contributed by atoms with van der Waals surface area (Å²) in [7, 11) is 0. The fourth-order valence-electron chi connectivity index (χ4n) is 2.08. The fourth-order valence-corrected chi connectivity index (χ4v) is 2.08. The number of aromatic nitrogens is 3. The Hall–Kier alpha value is -2.76. The van der Waals surface area contributed by atoms with Gasteiger partial charge in [0.25, 0.3) is 0 Å². The molecule has 1 N–H and O–H groups in total. The number of nitrogens with one attached hydrogen (secondary N) is 1. The number of anilines is 1. The molecule has 6 heteroatoms. The Morgan fingerprint density at radius 2 is 1.87 bits per heavy atom. The van der Waals surface area contributed by atoms with Crippen LogP contribution in [0.5, 0.6) is 0 Å². The zero-order valence-corrected chi connectivity index (χ0v) is 13.5. The molecule has 0 aliphatic heterocycles. The number of carbonyl (C=O) groups is 1. The lowest BCUT2D eigenvalue weighted by molar-refractivity contribution is -0.116. The van der Waals surface area contributed by atoms with E-state index in [0.29, 0.717) is 6.54 Å². The summed E-state index contributed by atoms with van der Waals surface area (Å²) < 4.78 is 0. The van der Waals surface area contributed by atoms with Crippen LogP contribution in [0.2, 0.25) is 0 Å². The summed E-state index contributed by atoms with van der Waals surface area (Å²) in [6.45, 7) is 9.74. The van der Waals surface area contributed by atoms with Crippen molar-refractivity contribution >= 4 is 11.9 Å². The molecule has 0 radical (unpaired) electrons. The maximum Gasteiger partial charge on any atom is 0.243 e. The quantitative estimate of drug-likeness (QED) is 0.794. The van der Waals surface area contributed by atoms with Crippen LogP contribution in [0.1, 0.15) is 19.4 Å². The van der Waals surface area contributed by atoms with Crippen molar-refractivity contribution in [3.63, 3.8) is 0 Å². The Balaban J connectivity index is 2.07. The highest BCUT2D eigenvalue weighted by Gasteiger charge is 2.06. The van der Waals surface area contributed by atoms with Crippen LogP contribution in [-0.2, 0) is 11.3 Å². The molecule has 0 unspecified atom stereocenters. The van der Waals surface area contributed by atoms with Crippen LogP contribution in [0.25, 0.3) is 11.3 Å². The number of rotatable bonds is 7. The van der Waals surface area contributed by atoms with E-state index in [1.54, 1.807) is 18.6 Å². The fraction of sp³-hybridized carbons (Fsp3) is 0.294. The molecule has 2 aromatic heterocycles. The minimum absolute atomic E-state index is 0.200. The predicted octanol–water partition coefficient (Wildman–Crippen LogP) is 2.19. The molecule has 2 rings (SSSR count). The molecule has 23 heavy (non-hydrogen) atoms. The van der Waals surface area contributed by atoms with Gasteiger partial charge < -0.3 is 10.2 Å². The Bertz CT molecular complexity index is 648. The highest BCUT2D eigenvalue weighted by atomic mass is 16.1. The van der Waals surface area contributed by atoms with E-state index in [2.05, 4.69) is 45.6 Å². The van der Waals surface area contributed by atoms with Crippen LogP contribution in [-0.4, -0.2) is 33.9 Å². The zero-order valence-electron chi connectivity index (χ0n) is 13.5. The van der Waals surface area contributed by atoms with Crippen molar-refractivity contribution in [1.29, 1.82) is 0 Å². The first kappa shape index (κ1) is 16.6. The normalized spacial score (nSPS) is 10.2. The van der Waals surface area contributed by atoms with E-state index in [0.717, 1.165) is 35.9 Å². The van der Waals surface area contributed by atoms with Crippen molar-refractivity contribution in [2.75, 3.05) is 18.0 Å². The SMILES string of the molecule is C=CC(=O)NCc1ccc(-c2cnc(N(CC)CC)nc2)nc1. The van der Waals surface area contributed by atoms with E-state index in [4.69, 9.17) is 0 Å². The molecule has 0 spiro atoms. The molecule has 0 aliphatic carbocycles. The topological polar surface area (TPSA) is 71.0 Å². The number of nitrogens with zero attached hydrogens (tertiary/aromatic N) is 4. The second kappa shape index (κ2) is 8.03. The second-order valence-electron chi connectivity index (χ2n) is 4.92. The third kappa shape index (κ3) is 4.35. The molecule has 0 saturated heterocycles. The zero-order chi connectivity index (χ0) is 16.7. The first-order valence-electron chi connectivity index (χ1n) is 7.60. The number of amides is 1. The average Bonchev–Trinajstić information content (AvgIpc) is 2.62. The Kier molecular flexibility index (Phi) is 5.80. The van der Waals surface area contributed by atoms with Crippen LogP contribution >= 0.6 is 0 Å². The molecule has 0 aliphatic rings. The van der Waals surface area contributed by atoms with Gasteiger partial charge in [-0.05, 0) is 31.6 Å². The third-order valence-electron chi connectivity index (χ3n) is 3.46. The number of hydrogen-bond acceptors (Lipinski definition) is 5. The Morgan fingerprint density at radius 1 is 1.17 bits per heavy atom. The molecule has 0 bridgehead atoms. The summed E-state index contributed by atoms with van der Waals surface area (Å²) >= 11 is 0. The molecule has 0 atom stereocenters. The van der Waals surface area contributed by atoms with Gasteiger partial charge in [0.05, 0.1) is 5.69 Å². The van der Waals surface area contributed by atoms with Crippen molar-refractivity contribution in [2.45, 2.75) is 20.4 Å². The maximum atomic E-state index is 11.1. The van der Waals surface area contributed by atoms with Crippen LogP contribution in [0.4, 0.5) is 5.95 Å². The molecule has 120 valence electrons. The monoisotopic (exact) mass is 311 g/mol. The number of pyridine rings is 1. The number of carbonyl (C=O) groups excluding carboxylic acids is 1. The molecule has 0 aromatic carbocycles. The summed E-state index contributed by atoms with van der Waals surface area (Å²) in [6.07, 6.45) is 6.54. The number of hydrogen-bond donors (Lipinski definition) is 1. The van der Waals surface area contributed by atoms with Gasteiger partial charge in [0.15, 0.2) is 0 Å². The summed E-state index contributed by atoms with van der Waals surface area (Å²) in [5.41, 5.74) is 2.59. The minimum atomic E-state index is -0.200. The van der Waals surface area contributed by atoms with Crippen molar-refractivity contribution in [1.82, 2.24) is 20.3 Å². The Morgan fingerprint density at radius 3 is 2.39 bits per heavy atom. The predicted molar refractivity (Wildman–Crippen MR) is 90.9 cm³/mol. The smallest absolute Gasteiger partial charge is 0.243 e. The van der Waals surface area contributed by atoms with E-state index >= 15 is 0 Å². The van der Waals surface area contributed by atoms with E-state index in [1.165, 1.54) is 6.08 Å². The molecule has 2 aromatic rings. The molecule has 0 saturated carbocycles. The van der Waals surface area contributed by atoms with Crippen LogP contribution < -0.4 is 10.2 Å². The largest absolute Gasteiger partial charge is 0.348 e. The van der Waals surface area contributed by atoms with Crippen molar-refractivity contribution in [2.24, 2.45) is 0 Å². The van der Waals surface area contributed by atoms with Crippen molar-refractivity contribution in [3.05, 3.63) is 48.9 Å². The van der Waals surface area contributed by atoms with E-state index in [9.17, 15) is 4.79 Å². The van der Waals surface area contributed by atoms with Gasteiger partial charge in [0.1, 0.15) is 0 Å². The standard InChI is InChI=1S/C17H21N5O/c1-4-16(23)19-10-13-7-8-15(18-9-13)14-11-20-17(21-12-14)22(5-2)6-3/h4,7-9,11-12H,1,5-6,10H2,2-3H3,(H,19,23). The van der Waals surface area contributed by atoms with E-state index < -0.39 is 0 Å². The van der Waals surface area contributed by atoms with Crippen molar-refractivity contribution < 1.29 is 4.79 Å². The van der Waals surface area contributed by atoms with Crippen LogP contribution in [0.15, 0.2) is 43.4 Å². The molecule has 2 heterocycles. The van der Waals surface area contributed by atoms with Gasteiger partial charge in [-0.2, -0.15) is 0 Å². The third-order valence-corrected chi connectivity index (χ3v) is 3.46. The highest BCUT2D eigenvalue weighted by Crippen LogP contribution is 2.17. The second-order valence-corrected chi connectivity index (χ2v) is 4.92. The lowest BCUT2D eigenvalue weighted by Gasteiger charge is -2.18. The van der Waals surface area contributed by atoms with Gasteiger partial charge in [0, 0.05) is 43.8 Å². The first-order chi connectivity index (χ1) is 11.2. The summed E-state index contributed by atoms with van der Waals surface area (Å²) in [4.78, 5) is 26.4. The summed E-state index contributed by atoms with van der Waals surface area (Å²) in [6, 6.07) is 3.81. The Labute approximate surface area is 136 Å². The molecular formula is C17H21N5O. The first-order valence-corrected chi connectivity index (χ1v) is 7.60. The van der Waals surface area contributed by atoms with Gasteiger partial charge in [-0.15, -0.1) is 0 Å². The van der Waals surface area contributed by atoms with E-state index in [1.807, 2.05) is 12.1 Å².